The molecule has 3 aromatic rings. The summed E-state index contributed by atoms with van der Waals surface area (Å²) in [5, 5.41) is 6.79. The number of halogens is 3. The van der Waals surface area contributed by atoms with Gasteiger partial charge in [0.1, 0.15) is 12.4 Å². The molecule has 0 bridgehead atoms. The predicted octanol–water partition coefficient (Wildman–Crippen LogP) is 5.19. The second-order valence-electron chi connectivity index (χ2n) is 7.69. The van der Waals surface area contributed by atoms with Gasteiger partial charge in [-0.05, 0) is 61.4 Å². The number of nitrogens with zero attached hydrogens (tertiary/aromatic N) is 1. The van der Waals surface area contributed by atoms with Crippen molar-refractivity contribution in [1.29, 1.82) is 0 Å². The van der Waals surface area contributed by atoms with Crippen molar-refractivity contribution in [3.8, 4) is 0 Å². The van der Waals surface area contributed by atoms with Crippen LogP contribution in [0, 0.1) is 0 Å². The molecule has 0 aliphatic rings. The van der Waals surface area contributed by atoms with Crippen LogP contribution in [0.5, 0.6) is 0 Å². The average Bonchev–Trinajstić information content (AvgIpc) is 2.76. The zero-order chi connectivity index (χ0) is 24.0. The van der Waals surface area contributed by atoms with Crippen molar-refractivity contribution in [2.45, 2.75) is 38.9 Å². The number of nitrogens with one attached hydrogen (secondary N) is 2. The van der Waals surface area contributed by atoms with E-state index in [2.05, 4.69) is 15.6 Å². The summed E-state index contributed by atoms with van der Waals surface area (Å²) in [6.07, 6.45) is -3.90. The lowest BCUT2D eigenvalue weighted by molar-refractivity contribution is -0.141. The average molecular weight is 459 g/mol. The fraction of sp³-hybridized carbons (Fsp3) is 0.292. The molecule has 6 nitrogen and oxygen atoms in total. The van der Waals surface area contributed by atoms with E-state index in [1.807, 2.05) is 13.0 Å². The lowest BCUT2D eigenvalue weighted by Crippen LogP contribution is -2.23. The number of hydrogen-bond donors (Lipinski definition) is 2. The van der Waals surface area contributed by atoms with Crippen LogP contribution < -0.4 is 10.6 Å². The van der Waals surface area contributed by atoms with Crippen LogP contribution >= 0.6 is 0 Å². The van der Waals surface area contributed by atoms with Crippen molar-refractivity contribution in [1.82, 2.24) is 4.98 Å². The van der Waals surface area contributed by atoms with E-state index in [-0.39, 0.29) is 30.9 Å². The van der Waals surface area contributed by atoms with Crippen molar-refractivity contribution >= 4 is 34.3 Å². The minimum absolute atomic E-state index is 0.109. The van der Waals surface area contributed by atoms with E-state index < -0.39 is 11.7 Å². The normalized spacial score (nSPS) is 12.3. The van der Waals surface area contributed by atoms with Gasteiger partial charge in [-0.1, -0.05) is 12.1 Å². The van der Waals surface area contributed by atoms with E-state index in [1.54, 1.807) is 24.3 Å². The van der Waals surface area contributed by atoms with Gasteiger partial charge < -0.3 is 15.4 Å². The number of anilines is 2. The Bertz CT molecular complexity index is 1130. The molecule has 33 heavy (non-hydrogen) atoms. The van der Waals surface area contributed by atoms with Gasteiger partial charge >= 0.3 is 12.1 Å². The van der Waals surface area contributed by atoms with Gasteiger partial charge in [-0.2, -0.15) is 13.2 Å². The highest BCUT2D eigenvalue weighted by Crippen LogP contribution is 2.29. The zero-order valence-electron chi connectivity index (χ0n) is 18.2. The zero-order valence-corrected chi connectivity index (χ0v) is 18.2. The Balaban J connectivity index is 1.55. The number of hydrogen-bond acceptors (Lipinski definition) is 5. The predicted molar refractivity (Wildman–Crippen MR) is 120 cm³/mol. The van der Waals surface area contributed by atoms with Crippen LogP contribution in [0.3, 0.4) is 0 Å². The fourth-order valence-electron chi connectivity index (χ4n) is 3.16. The summed E-state index contributed by atoms with van der Waals surface area (Å²) in [7, 11) is 0. The summed E-state index contributed by atoms with van der Waals surface area (Å²) < 4.78 is 42.9. The molecule has 174 valence electrons. The first-order valence-electron chi connectivity index (χ1n) is 10.4. The summed E-state index contributed by atoms with van der Waals surface area (Å²) >= 11 is 0. The summed E-state index contributed by atoms with van der Waals surface area (Å²) in [6, 6.07) is 13.7. The maximum Gasteiger partial charge on any atom is 0.416 e. The van der Waals surface area contributed by atoms with Crippen molar-refractivity contribution in [3.05, 3.63) is 65.7 Å². The molecule has 0 unspecified atom stereocenters. The largest absolute Gasteiger partial charge is 0.464 e. The van der Waals surface area contributed by atoms with Crippen LogP contribution in [0.15, 0.2) is 54.6 Å². The first kappa shape index (κ1) is 24.0. The molecule has 0 spiro atoms. The number of alkyl halides is 3. The Labute approximate surface area is 189 Å². The van der Waals surface area contributed by atoms with Crippen LogP contribution in [-0.2, 0) is 26.9 Å². The van der Waals surface area contributed by atoms with Crippen molar-refractivity contribution in [2.24, 2.45) is 0 Å². The topological polar surface area (TPSA) is 80.3 Å². The SMILES string of the molecule is CC(=O)OC[C@H](C)Nc1ccc2cc(NC(=O)CCc3ccc(C(F)(F)F)cc3)ccc2n1. The fourth-order valence-corrected chi connectivity index (χ4v) is 3.16. The van der Waals surface area contributed by atoms with Crippen LogP contribution in [-0.4, -0.2) is 29.5 Å². The summed E-state index contributed by atoms with van der Waals surface area (Å²) in [5.41, 5.74) is 1.27. The first-order valence-corrected chi connectivity index (χ1v) is 10.4. The maximum absolute atomic E-state index is 12.6. The molecular weight excluding hydrogens is 435 g/mol. The van der Waals surface area contributed by atoms with Crippen LogP contribution in [0.2, 0.25) is 0 Å². The number of fused-ring (bicyclic) bond motifs is 1. The van der Waals surface area contributed by atoms with E-state index >= 15 is 0 Å². The van der Waals surface area contributed by atoms with Crippen molar-refractivity contribution in [2.75, 3.05) is 17.2 Å². The molecule has 1 atom stereocenters. The molecule has 2 N–H and O–H groups in total. The van der Waals surface area contributed by atoms with Gasteiger partial charge in [0.2, 0.25) is 5.91 Å². The lowest BCUT2D eigenvalue weighted by atomic mass is 10.1. The molecule has 0 fully saturated rings. The Morgan fingerprint density at radius 3 is 2.45 bits per heavy atom. The van der Waals surface area contributed by atoms with Crippen molar-refractivity contribution < 1.29 is 27.5 Å². The highest BCUT2D eigenvalue weighted by Gasteiger charge is 2.29. The van der Waals surface area contributed by atoms with Gasteiger partial charge in [0, 0.05) is 24.4 Å². The van der Waals surface area contributed by atoms with Gasteiger partial charge in [-0.3, -0.25) is 9.59 Å². The number of aromatic nitrogens is 1. The number of amides is 1. The molecule has 0 radical (unpaired) electrons. The molecular formula is C24H24F3N3O3. The number of ether oxygens (including phenoxy) is 1. The third kappa shape index (κ3) is 7.20. The minimum atomic E-state index is -4.38. The second-order valence-corrected chi connectivity index (χ2v) is 7.69. The number of aryl methyl sites for hydroxylation is 1. The van der Waals surface area contributed by atoms with Gasteiger partial charge in [-0.15, -0.1) is 0 Å². The van der Waals surface area contributed by atoms with Gasteiger partial charge in [0.15, 0.2) is 0 Å². The number of pyridine rings is 1. The Morgan fingerprint density at radius 1 is 1.06 bits per heavy atom. The molecule has 0 aliphatic heterocycles. The number of esters is 1. The highest BCUT2D eigenvalue weighted by molar-refractivity contribution is 5.94. The second kappa shape index (κ2) is 10.3. The molecule has 0 saturated carbocycles. The van der Waals surface area contributed by atoms with E-state index in [1.165, 1.54) is 19.1 Å². The molecule has 0 saturated heterocycles. The summed E-state index contributed by atoms with van der Waals surface area (Å²) in [4.78, 5) is 27.7. The quantitative estimate of drug-likeness (QED) is 0.453. The van der Waals surface area contributed by atoms with Gasteiger partial charge in [0.25, 0.3) is 0 Å². The molecule has 1 aromatic heterocycles. The van der Waals surface area contributed by atoms with E-state index in [4.69, 9.17) is 4.74 Å². The first-order chi connectivity index (χ1) is 15.6. The maximum atomic E-state index is 12.6. The lowest BCUT2D eigenvalue weighted by Gasteiger charge is -2.14. The van der Waals surface area contributed by atoms with Gasteiger partial charge in [-0.25, -0.2) is 4.98 Å². The molecule has 3 rings (SSSR count). The number of carbonyl (C=O) groups excluding carboxylic acids is 2. The summed E-state index contributed by atoms with van der Waals surface area (Å²) in [5.74, 6) is 0.0549. The molecule has 9 heteroatoms. The van der Waals surface area contributed by atoms with Crippen molar-refractivity contribution in [3.63, 3.8) is 0 Å². The molecule has 2 aromatic carbocycles. The van der Waals surface area contributed by atoms with Crippen LogP contribution in [0.4, 0.5) is 24.7 Å². The summed E-state index contributed by atoms with van der Waals surface area (Å²) in [6.45, 7) is 3.46. The molecule has 1 amide bonds. The minimum Gasteiger partial charge on any atom is -0.464 e. The number of rotatable bonds is 8. The van der Waals surface area contributed by atoms with Gasteiger partial charge in [0.05, 0.1) is 17.1 Å². The number of carbonyl (C=O) groups is 2. The standard InChI is InChI=1S/C24H24F3N3O3/c1-15(14-33-16(2)31)28-22-11-6-18-13-20(9-10-21(18)30-22)29-23(32)12-5-17-3-7-19(8-4-17)24(25,26)27/h3-4,6-11,13,15H,5,12,14H2,1-2H3,(H,28,30)(H,29,32)/t15-/m0/s1. The van der Waals surface area contributed by atoms with Crippen LogP contribution in [0.1, 0.15) is 31.4 Å². The monoisotopic (exact) mass is 459 g/mol. The molecule has 0 aliphatic carbocycles. The molecule has 1 heterocycles. The Hall–Kier alpha value is -3.62. The highest BCUT2D eigenvalue weighted by atomic mass is 19.4. The smallest absolute Gasteiger partial charge is 0.416 e. The van der Waals surface area contributed by atoms with E-state index in [9.17, 15) is 22.8 Å². The van der Waals surface area contributed by atoms with E-state index in [0.29, 0.717) is 23.5 Å². The van der Waals surface area contributed by atoms with Crippen LogP contribution in [0.25, 0.3) is 10.9 Å². The van der Waals surface area contributed by atoms with E-state index in [0.717, 1.165) is 23.0 Å². The Kier molecular flexibility index (Phi) is 7.52. The number of benzene rings is 2. The third-order valence-corrected chi connectivity index (χ3v) is 4.83. The third-order valence-electron chi connectivity index (χ3n) is 4.83. The Morgan fingerprint density at radius 2 is 1.79 bits per heavy atom.